The van der Waals surface area contributed by atoms with Gasteiger partial charge in [0.1, 0.15) is 5.75 Å². The van der Waals surface area contributed by atoms with E-state index in [0.29, 0.717) is 43.2 Å². The van der Waals surface area contributed by atoms with Gasteiger partial charge in [0.15, 0.2) is 0 Å². The summed E-state index contributed by atoms with van der Waals surface area (Å²) in [6, 6.07) is 17.3. The maximum atomic E-state index is 13.0. The first-order valence-electron chi connectivity index (χ1n) is 13.1. The van der Waals surface area contributed by atoms with Gasteiger partial charge in [-0.25, -0.2) is 4.72 Å². The molecular formula is C28H39N3O4S. The second kappa shape index (κ2) is 12.2. The van der Waals surface area contributed by atoms with Gasteiger partial charge in [-0.05, 0) is 62.1 Å². The number of hydrogen-bond donors (Lipinski definition) is 3. The summed E-state index contributed by atoms with van der Waals surface area (Å²) in [5.74, 6) is 0.819. The highest BCUT2D eigenvalue weighted by molar-refractivity contribution is 7.87. The molecule has 4 rings (SSSR count). The molecule has 7 nitrogen and oxygen atoms in total. The van der Waals surface area contributed by atoms with Crippen LogP contribution in [-0.2, 0) is 15.6 Å². The van der Waals surface area contributed by atoms with E-state index in [1.165, 1.54) is 24.8 Å². The van der Waals surface area contributed by atoms with Crippen LogP contribution in [0.25, 0.3) is 0 Å². The summed E-state index contributed by atoms with van der Waals surface area (Å²) in [6.45, 7) is 0.998. The minimum absolute atomic E-state index is 0.115. The lowest BCUT2D eigenvalue weighted by Gasteiger charge is -2.41. The van der Waals surface area contributed by atoms with Gasteiger partial charge in [-0.1, -0.05) is 61.7 Å². The van der Waals surface area contributed by atoms with Gasteiger partial charge < -0.3 is 10.1 Å². The second-order valence-corrected chi connectivity index (χ2v) is 11.8. The Kier molecular flexibility index (Phi) is 9.04. The van der Waals surface area contributed by atoms with Gasteiger partial charge in [0.05, 0.1) is 12.7 Å². The molecule has 196 valence electrons. The van der Waals surface area contributed by atoms with Crippen LogP contribution in [0.1, 0.15) is 73.7 Å². The summed E-state index contributed by atoms with van der Waals surface area (Å²) in [7, 11) is -1.98. The van der Waals surface area contributed by atoms with Crippen molar-refractivity contribution >= 4 is 16.1 Å². The van der Waals surface area contributed by atoms with E-state index in [9.17, 15) is 13.2 Å². The van der Waals surface area contributed by atoms with E-state index in [-0.39, 0.29) is 17.4 Å². The van der Waals surface area contributed by atoms with E-state index >= 15 is 0 Å². The topological polar surface area (TPSA) is 96.5 Å². The first-order valence-corrected chi connectivity index (χ1v) is 14.6. The monoisotopic (exact) mass is 513 g/mol. The van der Waals surface area contributed by atoms with E-state index < -0.39 is 10.2 Å². The fraction of sp³-hybridized carbons (Fsp3) is 0.536. The van der Waals surface area contributed by atoms with E-state index in [0.717, 1.165) is 25.7 Å². The van der Waals surface area contributed by atoms with Crippen molar-refractivity contribution in [1.82, 2.24) is 14.8 Å². The Morgan fingerprint density at radius 2 is 1.61 bits per heavy atom. The van der Waals surface area contributed by atoms with Gasteiger partial charge in [0.25, 0.3) is 16.1 Å². The molecule has 2 fully saturated rings. The van der Waals surface area contributed by atoms with Crippen molar-refractivity contribution in [1.29, 1.82) is 0 Å². The quantitative estimate of drug-likeness (QED) is 0.441. The molecule has 2 saturated carbocycles. The Hall–Kier alpha value is -2.42. The summed E-state index contributed by atoms with van der Waals surface area (Å²) in [4.78, 5) is 13.0. The van der Waals surface area contributed by atoms with Crippen LogP contribution in [0.2, 0.25) is 0 Å². The van der Waals surface area contributed by atoms with Crippen molar-refractivity contribution in [2.75, 3.05) is 20.2 Å². The van der Waals surface area contributed by atoms with E-state index in [4.69, 9.17) is 4.74 Å². The average Bonchev–Trinajstić information content (AvgIpc) is 2.92. The summed E-state index contributed by atoms with van der Waals surface area (Å²) in [5.41, 5.74) is 1.42. The number of amides is 1. The minimum atomic E-state index is -3.54. The summed E-state index contributed by atoms with van der Waals surface area (Å²) in [6.07, 6.45) is 8.82. The zero-order chi connectivity index (χ0) is 25.4. The van der Waals surface area contributed by atoms with E-state index in [2.05, 4.69) is 26.9 Å². The molecule has 0 aliphatic heterocycles. The van der Waals surface area contributed by atoms with Crippen LogP contribution in [0.15, 0.2) is 54.6 Å². The molecule has 2 aromatic carbocycles. The third kappa shape index (κ3) is 6.87. The molecule has 0 heterocycles. The molecule has 0 unspecified atom stereocenters. The number of para-hydroxylation sites is 1. The average molecular weight is 514 g/mol. The Balaban J connectivity index is 1.38. The predicted molar refractivity (Wildman–Crippen MR) is 142 cm³/mol. The van der Waals surface area contributed by atoms with Crippen molar-refractivity contribution in [3.05, 3.63) is 65.7 Å². The molecule has 2 aliphatic rings. The number of carbonyl (C=O) groups excluding carboxylic acids is 1. The lowest BCUT2D eigenvalue weighted by atomic mass is 9.68. The van der Waals surface area contributed by atoms with Gasteiger partial charge in [0, 0.05) is 24.5 Å². The van der Waals surface area contributed by atoms with Crippen LogP contribution < -0.4 is 19.5 Å². The molecule has 1 amide bonds. The van der Waals surface area contributed by atoms with Crippen molar-refractivity contribution in [3.8, 4) is 5.75 Å². The Bertz CT molecular complexity index is 1090. The van der Waals surface area contributed by atoms with Gasteiger partial charge in [-0.15, -0.1) is 0 Å². The van der Waals surface area contributed by atoms with Crippen LogP contribution in [0.4, 0.5) is 0 Å². The van der Waals surface area contributed by atoms with Crippen LogP contribution >= 0.6 is 0 Å². The molecule has 0 atom stereocenters. The number of carbonyl (C=O) groups is 1. The number of benzene rings is 2. The number of nitrogens with one attached hydrogen (secondary N) is 3. The van der Waals surface area contributed by atoms with Gasteiger partial charge in [-0.3, -0.25) is 4.79 Å². The van der Waals surface area contributed by atoms with Crippen molar-refractivity contribution < 1.29 is 17.9 Å². The first kappa shape index (κ1) is 26.6. The molecule has 0 aromatic heterocycles. The van der Waals surface area contributed by atoms with Crippen LogP contribution in [-0.4, -0.2) is 40.6 Å². The number of ether oxygens (including phenoxy) is 1. The molecule has 3 N–H and O–H groups in total. The largest absolute Gasteiger partial charge is 0.496 e. The molecule has 8 heteroatoms. The normalized spacial score (nSPS) is 23.2. The van der Waals surface area contributed by atoms with Crippen molar-refractivity contribution in [2.24, 2.45) is 5.92 Å². The fourth-order valence-corrected chi connectivity index (χ4v) is 6.92. The van der Waals surface area contributed by atoms with Crippen molar-refractivity contribution in [3.63, 3.8) is 0 Å². The smallest absolute Gasteiger partial charge is 0.277 e. The Morgan fingerprint density at radius 1 is 0.944 bits per heavy atom. The van der Waals surface area contributed by atoms with Gasteiger partial charge in [0.2, 0.25) is 0 Å². The lowest BCUT2D eigenvalue weighted by molar-refractivity contribution is 0.0932. The summed E-state index contributed by atoms with van der Waals surface area (Å²) >= 11 is 0. The number of rotatable bonds is 10. The van der Waals surface area contributed by atoms with Crippen molar-refractivity contribution in [2.45, 2.75) is 69.2 Å². The van der Waals surface area contributed by atoms with E-state index in [1.807, 2.05) is 30.3 Å². The molecule has 36 heavy (non-hydrogen) atoms. The number of methoxy groups -OCH3 is 1. The highest BCUT2D eigenvalue weighted by atomic mass is 32.2. The second-order valence-electron chi connectivity index (χ2n) is 10.3. The highest BCUT2D eigenvalue weighted by Gasteiger charge is 2.38. The summed E-state index contributed by atoms with van der Waals surface area (Å²) < 4.78 is 36.5. The molecule has 0 bridgehead atoms. The standard InChI is InChI=1S/C28H39N3O4S/c1-35-26-15-9-8-14-25(26)27(32)29-21-28(23-12-6-3-7-13-23)18-16-24(17-19-28)31-36(33,34)30-20-22-10-4-2-5-11-22/h3,6-9,12-15,22,24,30-31H,2,4-5,10-11,16-21H2,1H3,(H,29,32). The minimum Gasteiger partial charge on any atom is -0.496 e. The zero-order valence-electron chi connectivity index (χ0n) is 21.2. The van der Waals surface area contributed by atoms with Crippen LogP contribution in [0.5, 0.6) is 5.75 Å². The Labute approximate surface area is 215 Å². The van der Waals surface area contributed by atoms with E-state index in [1.54, 1.807) is 19.2 Å². The molecule has 2 aliphatic carbocycles. The van der Waals surface area contributed by atoms with Crippen LogP contribution in [0.3, 0.4) is 0 Å². The first-order chi connectivity index (χ1) is 17.4. The molecule has 0 radical (unpaired) electrons. The molecular weight excluding hydrogens is 474 g/mol. The van der Waals surface area contributed by atoms with Crippen LogP contribution in [0, 0.1) is 5.92 Å². The highest BCUT2D eigenvalue weighted by Crippen LogP contribution is 2.39. The zero-order valence-corrected chi connectivity index (χ0v) is 22.0. The predicted octanol–water partition coefficient (Wildman–Crippen LogP) is 4.31. The van der Waals surface area contributed by atoms with Gasteiger partial charge in [-0.2, -0.15) is 13.1 Å². The Morgan fingerprint density at radius 3 is 2.31 bits per heavy atom. The lowest BCUT2D eigenvalue weighted by Crippen LogP contribution is -2.50. The molecule has 0 spiro atoms. The number of hydrogen-bond acceptors (Lipinski definition) is 4. The maximum absolute atomic E-state index is 13.0. The third-order valence-corrected chi connectivity index (χ3v) is 9.07. The SMILES string of the molecule is COc1ccccc1C(=O)NCC1(c2ccccc2)CCC(NS(=O)(=O)NCC2CCCCC2)CC1. The fourth-order valence-electron chi connectivity index (χ4n) is 5.70. The third-order valence-electron chi connectivity index (χ3n) is 7.88. The summed E-state index contributed by atoms with van der Waals surface area (Å²) in [5, 5.41) is 3.13. The maximum Gasteiger partial charge on any atom is 0.277 e. The van der Waals surface area contributed by atoms with Gasteiger partial charge >= 0.3 is 0 Å². The molecule has 2 aromatic rings. The molecule has 0 saturated heterocycles.